The Balaban J connectivity index is 1.72. The van der Waals surface area contributed by atoms with Crippen LogP contribution < -0.4 is 0 Å². The minimum Gasteiger partial charge on any atom is -0.391 e. The maximum absolute atomic E-state index is 13.0. The molecule has 1 N–H and O–H groups in total. The van der Waals surface area contributed by atoms with Crippen molar-refractivity contribution < 1.29 is 9.50 Å². The van der Waals surface area contributed by atoms with Crippen LogP contribution in [0.1, 0.15) is 50.5 Å². The maximum Gasteiger partial charge on any atom is 0.123 e. The molecule has 116 valence electrons. The third-order valence-electron chi connectivity index (χ3n) is 5.19. The summed E-state index contributed by atoms with van der Waals surface area (Å²) in [5, 5.41) is 10.5. The highest BCUT2D eigenvalue weighted by Gasteiger charge is 2.34. The summed E-state index contributed by atoms with van der Waals surface area (Å²) in [5.74, 6) is -0.188. The molecule has 0 spiro atoms. The van der Waals surface area contributed by atoms with Crippen molar-refractivity contribution in [2.45, 2.75) is 69.6 Å². The molecular formula is C18H26FNO. The summed E-state index contributed by atoms with van der Waals surface area (Å²) in [7, 11) is 0. The van der Waals surface area contributed by atoms with E-state index in [1.165, 1.54) is 44.2 Å². The van der Waals surface area contributed by atoms with Gasteiger partial charge in [-0.2, -0.15) is 0 Å². The number of hydrogen-bond donors (Lipinski definition) is 1. The molecule has 0 aromatic heterocycles. The molecule has 1 heterocycles. The molecule has 1 aromatic rings. The molecule has 3 heteroatoms. The third-order valence-corrected chi connectivity index (χ3v) is 5.19. The van der Waals surface area contributed by atoms with Gasteiger partial charge in [-0.1, -0.05) is 31.4 Å². The third kappa shape index (κ3) is 3.64. The smallest absolute Gasteiger partial charge is 0.123 e. The van der Waals surface area contributed by atoms with E-state index in [-0.39, 0.29) is 18.0 Å². The lowest BCUT2D eigenvalue weighted by atomic mass is 9.87. The lowest BCUT2D eigenvalue weighted by Gasteiger charge is -2.45. The number of likely N-dealkylation sites (tertiary alicyclic amines) is 1. The van der Waals surface area contributed by atoms with Gasteiger partial charge in [0.15, 0.2) is 0 Å². The van der Waals surface area contributed by atoms with Gasteiger partial charge in [-0.25, -0.2) is 4.39 Å². The van der Waals surface area contributed by atoms with E-state index in [0.717, 1.165) is 31.4 Å². The van der Waals surface area contributed by atoms with Gasteiger partial charge < -0.3 is 5.11 Å². The van der Waals surface area contributed by atoms with E-state index in [4.69, 9.17) is 0 Å². The van der Waals surface area contributed by atoms with Crippen LogP contribution in [0.3, 0.4) is 0 Å². The highest BCUT2D eigenvalue weighted by atomic mass is 19.1. The molecular weight excluding hydrogens is 265 g/mol. The van der Waals surface area contributed by atoms with E-state index in [1.807, 2.05) is 12.1 Å². The zero-order valence-electron chi connectivity index (χ0n) is 12.7. The van der Waals surface area contributed by atoms with Gasteiger partial charge in [0.1, 0.15) is 5.82 Å². The summed E-state index contributed by atoms with van der Waals surface area (Å²) in [6.07, 6.45) is 9.12. The van der Waals surface area contributed by atoms with Crippen molar-refractivity contribution in [2.24, 2.45) is 0 Å². The van der Waals surface area contributed by atoms with Gasteiger partial charge in [0, 0.05) is 12.1 Å². The maximum atomic E-state index is 13.0. The van der Waals surface area contributed by atoms with Crippen LogP contribution >= 0.6 is 0 Å². The van der Waals surface area contributed by atoms with Crippen molar-refractivity contribution in [1.29, 1.82) is 0 Å². The Kier molecular flexibility index (Phi) is 4.91. The normalized spacial score (nSPS) is 28.7. The molecule has 1 saturated heterocycles. The standard InChI is InChI=1S/C18H26FNO/c19-15-10-8-14(9-11-15)13-17-18(21)7-4-12-20(17)16-5-2-1-3-6-16/h8-11,16-18,21H,1-7,12-13H2/t17-,18-/m0/s1. The largest absolute Gasteiger partial charge is 0.391 e. The Hall–Kier alpha value is -0.930. The van der Waals surface area contributed by atoms with Gasteiger partial charge in [0.2, 0.25) is 0 Å². The van der Waals surface area contributed by atoms with E-state index in [0.29, 0.717) is 6.04 Å². The molecule has 1 aromatic carbocycles. The van der Waals surface area contributed by atoms with Crippen LogP contribution in [0, 0.1) is 5.82 Å². The molecule has 0 unspecified atom stereocenters. The first-order valence-electron chi connectivity index (χ1n) is 8.42. The van der Waals surface area contributed by atoms with Gasteiger partial charge in [0.25, 0.3) is 0 Å². The topological polar surface area (TPSA) is 23.5 Å². The summed E-state index contributed by atoms with van der Waals surface area (Å²) in [6, 6.07) is 7.60. The number of rotatable bonds is 3. The molecule has 0 radical (unpaired) electrons. The second kappa shape index (κ2) is 6.89. The molecule has 2 atom stereocenters. The second-order valence-corrected chi connectivity index (χ2v) is 6.64. The molecule has 3 rings (SSSR count). The van der Waals surface area contributed by atoms with E-state index < -0.39 is 0 Å². The number of aliphatic hydroxyl groups excluding tert-OH is 1. The summed E-state index contributed by atoms with van der Waals surface area (Å²) in [4.78, 5) is 2.55. The van der Waals surface area contributed by atoms with Crippen LogP contribution in [0.5, 0.6) is 0 Å². The van der Waals surface area contributed by atoms with Gasteiger partial charge in [0.05, 0.1) is 6.10 Å². The van der Waals surface area contributed by atoms with Crippen LogP contribution in [-0.4, -0.2) is 34.7 Å². The fraction of sp³-hybridized carbons (Fsp3) is 0.667. The molecule has 1 aliphatic heterocycles. The van der Waals surface area contributed by atoms with Crippen molar-refractivity contribution in [3.8, 4) is 0 Å². The van der Waals surface area contributed by atoms with Crippen molar-refractivity contribution in [1.82, 2.24) is 4.90 Å². The van der Waals surface area contributed by atoms with Gasteiger partial charge >= 0.3 is 0 Å². The zero-order valence-corrected chi connectivity index (χ0v) is 12.7. The van der Waals surface area contributed by atoms with Crippen LogP contribution in [0.2, 0.25) is 0 Å². The Morgan fingerprint density at radius 2 is 1.71 bits per heavy atom. The number of benzene rings is 1. The predicted octanol–water partition coefficient (Wildman–Crippen LogP) is 3.53. The predicted molar refractivity (Wildman–Crippen MR) is 82.7 cm³/mol. The van der Waals surface area contributed by atoms with Crippen molar-refractivity contribution >= 4 is 0 Å². The molecule has 2 nitrogen and oxygen atoms in total. The molecule has 2 fully saturated rings. The minimum absolute atomic E-state index is 0.188. The quantitative estimate of drug-likeness (QED) is 0.921. The van der Waals surface area contributed by atoms with Gasteiger partial charge in [-0.3, -0.25) is 4.90 Å². The molecule has 1 aliphatic carbocycles. The number of halogens is 1. The highest BCUT2D eigenvalue weighted by molar-refractivity contribution is 5.18. The first kappa shape index (κ1) is 15.0. The zero-order chi connectivity index (χ0) is 14.7. The van der Waals surface area contributed by atoms with Crippen molar-refractivity contribution in [3.05, 3.63) is 35.6 Å². The molecule has 0 bridgehead atoms. The first-order valence-corrected chi connectivity index (χ1v) is 8.42. The van der Waals surface area contributed by atoms with E-state index >= 15 is 0 Å². The number of aliphatic hydroxyl groups is 1. The van der Waals surface area contributed by atoms with Gasteiger partial charge in [-0.15, -0.1) is 0 Å². The molecule has 2 aliphatic rings. The minimum atomic E-state index is -0.245. The Bertz CT molecular complexity index is 441. The van der Waals surface area contributed by atoms with E-state index in [2.05, 4.69) is 4.90 Å². The first-order chi connectivity index (χ1) is 10.2. The fourth-order valence-corrected chi connectivity index (χ4v) is 4.04. The van der Waals surface area contributed by atoms with Crippen molar-refractivity contribution in [3.63, 3.8) is 0 Å². The lowest BCUT2D eigenvalue weighted by molar-refractivity contribution is -0.0202. The molecule has 0 amide bonds. The molecule has 21 heavy (non-hydrogen) atoms. The lowest BCUT2D eigenvalue weighted by Crippen LogP contribution is -2.54. The average molecular weight is 291 g/mol. The number of hydrogen-bond acceptors (Lipinski definition) is 2. The number of nitrogens with zero attached hydrogens (tertiary/aromatic N) is 1. The Labute approximate surface area is 127 Å². The van der Waals surface area contributed by atoms with Crippen LogP contribution in [0.15, 0.2) is 24.3 Å². The number of piperidine rings is 1. The van der Waals surface area contributed by atoms with Crippen molar-refractivity contribution in [2.75, 3.05) is 6.54 Å². The Morgan fingerprint density at radius 1 is 1.00 bits per heavy atom. The highest BCUT2D eigenvalue weighted by Crippen LogP contribution is 2.30. The summed E-state index contributed by atoms with van der Waals surface area (Å²) in [6.45, 7) is 1.10. The summed E-state index contributed by atoms with van der Waals surface area (Å²) >= 11 is 0. The van der Waals surface area contributed by atoms with Crippen LogP contribution in [-0.2, 0) is 6.42 Å². The molecule has 1 saturated carbocycles. The Morgan fingerprint density at radius 3 is 2.43 bits per heavy atom. The SMILES string of the molecule is O[C@H]1CCCN(C2CCCCC2)[C@H]1Cc1ccc(F)cc1. The van der Waals surface area contributed by atoms with Gasteiger partial charge in [-0.05, 0) is 56.3 Å². The monoisotopic (exact) mass is 291 g/mol. The summed E-state index contributed by atoms with van der Waals surface area (Å²) in [5.41, 5.74) is 1.13. The van der Waals surface area contributed by atoms with Crippen LogP contribution in [0.25, 0.3) is 0 Å². The summed E-state index contributed by atoms with van der Waals surface area (Å²) < 4.78 is 13.0. The van der Waals surface area contributed by atoms with E-state index in [1.54, 1.807) is 0 Å². The average Bonchev–Trinajstić information content (AvgIpc) is 2.52. The van der Waals surface area contributed by atoms with E-state index in [9.17, 15) is 9.50 Å². The van der Waals surface area contributed by atoms with Crippen LogP contribution in [0.4, 0.5) is 4.39 Å². The second-order valence-electron chi connectivity index (χ2n) is 6.64. The fourth-order valence-electron chi connectivity index (χ4n) is 4.04.